The first kappa shape index (κ1) is 17.6. The number of carbonyl (C=O) groups is 1. The number of thiophene rings is 1. The van der Waals surface area contributed by atoms with Gasteiger partial charge >= 0.3 is 0 Å². The van der Waals surface area contributed by atoms with Gasteiger partial charge in [-0.2, -0.15) is 4.68 Å². The van der Waals surface area contributed by atoms with E-state index in [1.807, 2.05) is 42.8 Å². The molecule has 0 saturated carbocycles. The van der Waals surface area contributed by atoms with Gasteiger partial charge in [-0.25, -0.2) is 0 Å². The molecule has 0 atom stereocenters. The normalized spacial score (nSPS) is 10.8. The van der Waals surface area contributed by atoms with Crippen LogP contribution in [0.15, 0.2) is 40.9 Å². The summed E-state index contributed by atoms with van der Waals surface area (Å²) in [5.41, 5.74) is 3.29. The van der Waals surface area contributed by atoms with Crippen molar-refractivity contribution >= 4 is 29.0 Å². The number of rotatable bonds is 6. The standard InChI is InChI=1S/C17H19N5OS2/c1-12-6-7-14(9-13(12)2)22-17(18-19-20-22)25-11-16(23)21(3)10-15-5-4-8-24-15/h4-9H,10-11H2,1-3H3. The number of hydrogen-bond acceptors (Lipinski definition) is 6. The molecule has 2 heterocycles. The Hall–Kier alpha value is -2.19. The molecule has 0 saturated heterocycles. The number of amides is 1. The molecule has 0 N–H and O–H groups in total. The lowest BCUT2D eigenvalue weighted by Crippen LogP contribution is -2.27. The highest BCUT2D eigenvalue weighted by Gasteiger charge is 2.15. The van der Waals surface area contributed by atoms with Crippen LogP contribution in [0.1, 0.15) is 16.0 Å². The lowest BCUT2D eigenvalue weighted by Gasteiger charge is -2.15. The van der Waals surface area contributed by atoms with E-state index in [4.69, 9.17) is 0 Å². The summed E-state index contributed by atoms with van der Waals surface area (Å²) in [5.74, 6) is 0.348. The number of tetrazole rings is 1. The molecule has 1 aromatic carbocycles. The molecule has 0 bridgehead atoms. The second-order valence-electron chi connectivity index (χ2n) is 5.76. The van der Waals surface area contributed by atoms with Crippen LogP contribution >= 0.6 is 23.1 Å². The van der Waals surface area contributed by atoms with Gasteiger partial charge in [0.15, 0.2) is 0 Å². The van der Waals surface area contributed by atoms with Gasteiger partial charge in [0.2, 0.25) is 11.1 Å². The largest absolute Gasteiger partial charge is 0.340 e. The van der Waals surface area contributed by atoms with Crippen molar-refractivity contribution in [3.63, 3.8) is 0 Å². The summed E-state index contributed by atoms with van der Waals surface area (Å²) >= 11 is 3.00. The molecule has 0 aliphatic rings. The highest BCUT2D eigenvalue weighted by molar-refractivity contribution is 7.99. The monoisotopic (exact) mass is 373 g/mol. The Morgan fingerprint density at radius 1 is 1.28 bits per heavy atom. The van der Waals surface area contributed by atoms with Gasteiger partial charge in [-0.1, -0.05) is 23.9 Å². The summed E-state index contributed by atoms with van der Waals surface area (Å²) in [6.07, 6.45) is 0. The second-order valence-corrected chi connectivity index (χ2v) is 7.73. The first-order valence-electron chi connectivity index (χ1n) is 7.80. The van der Waals surface area contributed by atoms with E-state index < -0.39 is 0 Å². The van der Waals surface area contributed by atoms with E-state index in [1.54, 1.807) is 20.9 Å². The molecule has 1 amide bonds. The number of nitrogens with zero attached hydrogens (tertiary/aromatic N) is 5. The third-order valence-electron chi connectivity index (χ3n) is 3.90. The van der Waals surface area contributed by atoms with Crippen molar-refractivity contribution in [3.05, 3.63) is 51.7 Å². The van der Waals surface area contributed by atoms with Crippen LogP contribution in [0.2, 0.25) is 0 Å². The molecular weight excluding hydrogens is 354 g/mol. The van der Waals surface area contributed by atoms with Gasteiger partial charge in [0.25, 0.3) is 0 Å². The molecule has 8 heteroatoms. The van der Waals surface area contributed by atoms with Crippen molar-refractivity contribution in [1.82, 2.24) is 25.1 Å². The van der Waals surface area contributed by atoms with Gasteiger partial charge in [-0.3, -0.25) is 4.79 Å². The van der Waals surface area contributed by atoms with E-state index in [-0.39, 0.29) is 5.91 Å². The van der Waals surface area contributed by atoms with Crippen LogP contribution in [0.5, 0.6) is 0 Å². The van der Waals surface area contributed by atoms with E-state index in [9.17, 15) is 4.79 Å². The first-order valence-corrected chi connectivity index (χ1v) is 9.66. The number of thioether (sulfide) groups is 1. The van der Waals surface area contributed by atoms with Crippen LogP contribution < -0.4 is 0 Å². The molecule has 0 aliphatic carbocycles. The Labute approximate surface area is 154 Å². The summed E-state index contributed by atoms with van der Waals surface area (Å²) in [5, 5.41) is 14.5. The van der Waals surface area contributed by atoms with Gasteiger partial charge in [0.1, 0.15) is 0 Å². The quantitative estimate of drug-likeness (QED) is 0.621. The molecule has 3 aromatic rings. The minimum absolute atomic E-state index is 0.0491. The zero-order valence-electron chi connectivity index (χ0n) is 14.3. The van der Waals surface area contributed by atoms with Crippen LogP contribution in [0.4, 0.5) is 0 Å². The van der Waals surface area contributed by atoms with Gasteiger partial charge in [-0.15, -0.1) is 16.4 Å². The number of aryl methyl sites for hydroxylation is 2. The Morgan fingerprint density at radius 3 is 2.84 bits per heavy atom. The first-order chi connectivity index (χ1) is 12.0. The molecule has 25 heavy (non-hydrogen) atoms. The summed E-state index contributed by atoms with van der Waals surface area (Å²) < 4.78 is 1.67. The van der Waals surface area contributed by atoms with Gasteiger partial charge in [-0.05, 0) is 59.0 Å². The Kier molecular flexibility index (Phi) is 5.50. The highest BCUT2D eigenvalue weighted by atomic mass is 32.2. The zero-order chi connectivity index (χ0) is 17.8. The molecule has 3 rings (SSSR count). The van der Waals surface area contributed by atoms with Gasteiger partial charge in [0, 0.05) is 11.9 Å². The summed E-state index contributed by atoms with van der Waals surface area (Å²) in [6.45, 7) is 4.74. The maximum absolute atomic E-state index is 12.3. The van der Waals surface area contributed by atoms with Crippen molar-refractivity contribution < 1.29 is 4.79 Å². The SMILES string of the molecule is Cc1ccc(-n2nnnc2SCC(=O)N(C)Cc2cccs2)cc1C. The molecule has 6 nitrogen and oxygen atoms in total. The van der Waals surface area contributed by atoms with E-state index >= 15 is 0 Å². The Morgan fingerprint density at radius 2 is 2.12 bits per heavy atom. The third kappa shape index (κ3) is 4.26. The molecule has 130 valence electrons. The minimum Gasteiger partial charge on any atom is -0.340 e. The Bertz CT molecular complexity index is 860. The summed E-state index contributed by atoms with van der Waals surface area (Å²) in [6, 6.07) is 10.1. The maximum atomic E-state index is 12.3. The van der Waals surface area contributed by atoms with Gasteiger partial charge < -0.3 is 4.90 Å². The molecule has 0 fully saturated rings. The predicted molar refractivity (Wildman–Crippen MR) is 100 cm³/mol. The van der Waals surface area contributed by atoms with Crippen molar-refractivity contribution in [3.8, 4) is 5.69 Å². The fraction of sp³-hybridized carbons (Fsp3) is 0.294. The number of hydrogen-bond donors (Lipinski definition) is 0. The third-order valence-corrected chi connectivity index (χ3v) is 5.66. The lowest BCUT2D eigenvalue weighted by atomic mass is 10.1. The fourth-order valence-electron chi connectivity index (χ4n) is 2.25. The van der Waals surface area contributed by atoms with Crippen molar-refractivity contribution in [2.75, 3.05) is 12.8 Å². The Balaban J connectivity index is 1.65. The van der Waals surface area contributed by atoms with Crippen molar-refractivity contribution in [2.24, 2.45) is 0 Å². The van der Waals surface area contributed by atoms with Crippen molar-refractivity contribution in [1.29, 1.82) is 0 Å². The summed E-state index contributed by atoms with van der Waals surface area (Å²) in [4.78, 5) is 15.2. The van der Waals surface area contributed by atoms with E-state index in [1.165, 1.54) is 27.8 Å². The van der Waals surface area contributed by atoms with Crippen LogP contribution in [0.3, 0.4) is 0 Å². The number of benzene rings is 1. The zero-order valence-corrected chi connectivity index (χ0v) is 16.0. The minimum atomic E-state index is 0.0491. The molecular formula is C17H19N5OS2. The van der Waals surface area contributed by atoms with Crippen LogP contribution in [0.25, 0.3) is 5.69 Å². The number of aromatic nitrogens is 4. The smallest absolute Gasteiger partial charge is 0.233 e. The average Bonchev–Trinajstić information content (AvgIpc) is 3.26. The fourth-order valence-corrected chi connectivity index (χ4v) is 3.84. The van der Waals surface area contributed by atoms with E-state index in [0.29, 0.717) is 17.5 Å². The summed E-state index contributed by atoms with van der Waals surface area (Å²) in [7, 11) is 1.81. The van der Waals surface area contributed by atoms with Crippen LogP contribution in [-0.4, -0.2) is 43.8 Å². The predicted octanol–water partition coefficient (Wildman–Crippen LogP) is 3.09. The highest BCUT2D eigenvalue weighted by Crippen LogP contribution is 2.21. The second kappa shape index (κ2) is 7.79. The van der Waals surface area contributed by atoms with E-state index in [0.717, 1.165) is 5.69 Å². The lowest BCUT2D eigenvalue weighted by molar-refractivity contribution is -0.127. The molecule has 0 spiro atoms. The van der Waals surface area contributed by atoms with Gasteiger partial charge in [0.05, 0.1) is 18.0 Å². The molecule has 0 radical (unpaired) electrons. The molecule has 0 aliphatic heterocycles. The van der Waals surface area contributed by atoms with Crippen molar-refractivity contribution in [2.45, 2.75) is 25.5 Å². The maximum Gasteiger partial charge on any atom is 0.233 e. The average molecular weight is 374 g/mol. The topological polar surface area (TPSA) is 63.9 Å². The van der Waals surface area contributed by atoms with Crippen LogP contribution in [0, 0.1) is 13.8 Å². The molecule has 0 unspecified atom stereocenters. The number of carbonyl (C=O) groups excluding carboxylic acids is 1. The van der Waals surface area contributed by atoms with Crippen LogP contribution in [-0.2, 0) is 11.3 Å². The molecule has 2 aromatic heterocycles. The van der Waals surface area contributed by atoms with E-state index in [2.05, 4.69) is 29.4 Å².